The van der Waals surface area contributed by atoms with E-state index in [0.29, 0.717) is 5.56 Å². The van der Waals surface area contributed by atoms with Crippen LogP contribution in [0.15, 0.2) is 29.3 Å². The van der Waals surface area contributed by atoms with Gasteiger partial charge in [0, 0.05) is 19.4 Å². The molecule has 1 aromatic carbocycles. The highest BCUT2D eigenvalue weighted by atomic mass is 16.4. The topological polar surface area (TPSA) is 417 Å². The highest BCUT2D eigenvalue weighted by Gasteiger charge is 2.34. The minimum atomic E-state index is -1.71. The number of hydrogen-bond acceptors (Lipinski definition) is 12. The first kappa shape index (κ1) is 48.5. The Labute approximate surface area is 327 Å². The highest BCUT2D eigenvalue weighted by molar-refractivity contribution is 5.97. The molecule has 316 valence electrons. The standard InChI is InChI=1S/C34H53N11O12/c1-16(2)12-22(31(54)45-24(33(56)57)15-26(37)48)44-29(52)20(4-3-11-40-34(38)39)41-30(53)21(9-10-25(36)47)42-32(55)23(13-17-5-7-18(46)8-6-17)43-28(51)19(35)14-27(49)50/h5-8,16,19-24,46H,3-4,9-15,35H2,1-2H3,(H2,36,47)(H2,37,48)(H,41,53)(H,42,55)(H,43,51)(H,44,52)(H,45,54)(H,49,50)(H,56,57)(H4,38,39,40)/t19-,20-,21-,22-,23-,24-/m0/s1. The number of carboxylic acids is 2. The van der Waals surface area contributed by atoms with Crippen LogP contribution in [0.5, 0.6) is 5.75 Å². The van der Waals surface area contributed by atoms with Gasteiger partial charge in [-0.05, 0) is 49.3 Å². The average Bonchev–Trinajstić information content (AvgIpc) is 3.09. The van der Waals surface area contributed by atoms with Crippen LogP contribution in [0.3, 0.4) is 0 Å². The Hall–Kier alpha value is -6.52. The maximum Gasteiger partial charge on any atom is 0.326 e. The number of phenolic OH excluding ortho intramolecular Hbond substituents is 1. The van der Waals surface area contributed by atoms with E-state index >= 15 is 0 Å². The molecular formula is C34H53N11O12. The van der Waals surface area contributed by atoms with Gasteiger partial charge in [-0.15, -0.1) is 0 Å². The first-order chi connectivity index (χ1) is 26.6. The van der Waals surface area contributed by atoms with Gasteiger partial charge in [0.25, 0.3) is 0 Å². The Morgan fingerprint density at radius 2 is 1.14 bits per heavy atom. The molecule has 0 aliphatic carbocycles. The molecule has 0 spiro atoms. The summed E-state index contributed by atoms with van der Waals surface area (Å²) in [5.74, 6) is -10.3. The summed E-state index contributed by atoms with van der Waals surface area (Å²) >= 11 is 0. The normalized spacial score (nSPS) is 14.0. The molecule has 23 nitrogen and oxygen atoms in total. The lowest BCUT2D eigenvalue weighted by atomic mass is 10.0. The van der Waals surface area contributed by atoms with Crippen molar-refractivity contribution in [2.24, 2.45) is 39.6 Å². The minimum Gasteiger partial charge on any atom is -0.508 e. The van der Waals surface area contributed by atoms with E-state index in [-0.39, 0.29) is 49.9 Å². The van der Waals surface area contributed by atoms with Crippen molar-refractivity contribution < 1.29 is 58.5 Å². The van der Waals surface area contributed by atoms with Gasteiger partial charge in [0.15, 0.2) is 5.96 Å². The molecule has 0 aromatic heterocycles. The predicted octanol–water partition coefficient (Wildman–Crippen LogP) is -4.51. The van der Waals surface area contributed by atoms with Crippen molar-refractivity contribution in [3.8, 4) is 5.75 Å². The van der Waals surface area contributed by atoms with E-state index in [9.17, 15) is 53.4 Å². The Bertz CT molecular complexity index is 1630. The Balaban J connectivity index is 3.47. The quantitative estimate of drug-likeness (QED) is 0.0238. The zero-order chi connectivity index (χ0) is 43.4. The van der Waals surface area contributed by atoms with Crippen LogP contribution >= 0.6 is 0 Å². The molecule has 0 fully saturated rings. The summed E-state index contributed by atoms with van der Waals surface area (Å²) in [5.41, 5.74) is 27.3. The number of aliphatic carboxylic acids is 2. The van der Waals surface area contributed by atoms with Gasteiger partial charge in [0.05, 0.1) is 18.9 Å². The van der Waals surface area contributed by atoms with Crippen LogP contribution in [0.1, 0.15) is 64.4 Å². The van der Waals surface area contributed by atoms with Gasteiger partial charge in [-0.3, -0.25) is 43.3 Å². The fraction of sp³-hybridized carbons (Fsp3) is 0.529. The fourth-order valence-electron chi connectivity index (χ4n) is 5.16. The van der Waals surface area contributed by atoms with Crippen molar-refractivity contribution in [2.75, 3.05) is 6.54 Å². The molecule has 18 N–H and O–H groups in total. The lowest BCUT2D eigenvalue weighted by molar-refractivity contribution is -0.144. The molecule has 0 aliphatic heterocycles. The second-order valence-electron chi connectivity index (χ2n) is 13.5. The molecule has 1 rings (SSSR count). The van der Waals surface area contributed by atoms with Gasteiger partial charge in [0.2, 0.25) is 41.4 Å². The molecule has 0 saturated carbocycles. The van der Waals surface area contributed by atoms with Crippen LogP contribution in [0.4, 0.5) is 0 Å². The molecule has 0 radical (unpaired) electrons. The summed E-state index contributed by atoms with van der Waals surface area (Å²) in [5, 5.41) is 40.1. The van der Waals surface area contributed by atoms with E-state index in [0.717, 1.165) is 0 Å². The number of phenols is 1. The zero-order valence-corrected chi connectivity index (χ0v) is 31.6. The molecule has 0 saturated heterocycles. The van der Waals surface area contributed by atoms with Crippen LogP contribution in [0, 0.1) is 5.92 Å². The number of primary amides is 2. The largest absolute Gasteiger partial charge is 0.508 e. The van der Waals surface area contributed by atoms with Crippen molar-refractivity contribution >= 4 is 59.2 Å². The van der Waals surface area contributed by atoms with E-state index in [1.165, 1.54) is 24.3 Å². The highest BCUT2D eigenvalue weighted by Crippen LogP contribution is 2.13. The molecule has 0 bridgehead atoms. The van der Waals surface area contributed by atoms with E-state index in [4.69, 9.17) is 33.8 Å². The zero-order valence-electron chi connectivity index (χ0n) is 31.6. The van der Waals surface area contributed by atoms with Gasteiger partial charge in [-0.1, -0.05) is 26.0 Å². The van der Waals surface area contributed by atoms with E-state index in [2.05, 4.69) is 31.6 Å². The number of nitrogens with two attached hydrogens (primary N) is 5. The number of aromatic hydroxyl groups is 1. The van der Waals surface area contributed by atoms with Gasteiger partial charge in [-0.2, -0.15) is 0 Å². The Kier molecular flexibility index (Phi) is 20.5. The van der Waals surface area contributed by atoms with Crippen LogP contribution in [-0.2, 0) is 49.6 Å². The number of nitrogens with one attached hydrogen (secondary N) is 5. The molecule has 57 heavy (non-hydrogen) atoms. The van der Waals surface area contributed by atoms with Crippen molar-refractivity contribution in [1.82, 2.24) is 26.6 Å². The molecule has 23 heteroatoms. The summed E-state index contributed by atoms with van der Waals surface area (Å²) < 4.78 is 0. The summed E-state index contributed by atoms with van der Waals surface area (Å²) in [6.07, 6.45) is -2.67. The first-order valence-electron chi connectivity index (χ1n) is 17.7. The number of nitrogens with zero attached hydrogens (tertiary/aromatic N) is 1. The van der Waals surface area contributed by atoms with Crippen molar-refractivity contribution in [2.45, 2.75) is 101 Å². The van der Waals surface area contributed by atoms with Gasteiger partial charge in [0.1, 0.15) is 36.0 Å². The SMILES string of the molecule is CC(C)C[C@H](NC(=O)[C@H](CCCN=C(N)N)NC(=O)[C@H](CCC(N)=O)NC(=O)[C@H](Cc1ccc(O)cc1)NC(=O)[C@@H](N)CC(=O)O)C(=O)N[C@@H](CC(N)=O)C(=O)O. The molecule has 0 aliphatic rings. The monoisotopic (exact) mass is 807 g/mol. The number of guanidine groups is 1. The van der Waals surface area contributed by atoms with Crippen LogP contribution < -0.4 is 55.3 Å². The average molecular weight is 808 g/mol. The third kappa shape index (κ3) is 19.6. The number of carbonyl (C=O) groups excluding carboxylic acids is 7. The predicted molar refractivity (Wildman–Crippen MR) is 201 cm³/mol. The molecule has 1 aromatic rings. The smallest absolute Gasteiger partial charge is 0.326 e. The number of carbonyl (C=O) groups is 9. The van der Waals surface area contributed by atoms with Crippen molar-refractivity contribution in [1.29, 1.82) is 0 Å². The Morgan fingerprint density at radius 1 is 0.649 bits per heavy atom. The third-order valence-electron chi connectivity index (χ3n) is 7.99. The fourth-order valence-corrected chi connectivity index (χ4v) is 5.16. The first-order valence-corrected chi connectivity index (χ1v) is 17.7. The van der Waals surface area contributed by atoms with Crippen LogP contribution in [0.2, 0.25) is 0 Å². The number of hydrogen-bond donors (Lipinski definition) is 13. The maximum atomic E-state index is 13.8. The lowest BCUT2D eigenvalue weighted by Gasteiger charge is -2.27. The Morgan fingerprint density at radius 3 is 1.63 bits per heavy atom. The summed E-state index contributed by atoms with van der Waals surface area (Å²) in [4.78, 5) is 117. The maximum absolute atomic E-state index is 13.8. The molecule has 0 heterocycles. The van der Waals surface area contributed by atoms with Gasteiger partial charge in [-0.25, -0.2) is 4.79 Å². The van der Waals surface area contributed by atoms with Gasteiger partial charge >= 0.3 is 11.9 Å². The minimum absolute atomic E-state index is 0.00417. The number of benzene rings is 1. The van der Waals surface area contributed by atoms with Crippen molar-refractivity contribution in [3.05, 3.63) is 29.8 Å². The molecular weight excluding hydrogens is 754 g/mol. The summed E-state index contributed by atoms with van der Waals surface area (Å²) in [6.45, 7) is 3.42. The molecule has 7 amide bonds. The summed E-state index contributed by atoms with van der Waals surface area (Å²) in [6, 6.07) is -3.66. The second-order valence-corrected chi connectivity index (χ2v) is 13.5. The number of amides is 7. The lowest BCUT2D eigenvalue weighted by Crippen LogP contribution is -2.59. The van der Waals surface area contributed by atoms with Crippen LogP contribution in [-0.4, -0.2) is 117 Å². The summed E-state index contributed by atoms with van der Waals surface area (Å²) in [7, 11) is 0. The van der Waals surface area contributed by atoms with E-state index < -0.39 is 115 Å². The third-order valence-corrected chi connectivity index (χ3v) is 7.99. The molecule has 0 unspecified atom stereocenters. The van der Waals surface area contributed by atoms with Gasteiger partial charge < -0.3 is 70.6 Å². The second kappa shape index (κ2) is 24.1. The number of carboxylic acid groups (broad SMARTS) is 2. The molecule has 6 atom stereocenters. The van der Waals surface area contributed by atoms with E-state index in [1.807, 2.05) is 0 Å². The number of rotatable bonds is 26. The van der Waals surface area contributed by atoms with Crippen molar-refractivity contribution in [3.63, 3.8) is 0 Å². The van der Waals surface area contributed by atoms with E-state index in [1.54, 1.807) is 13.8 Å². The van der Waals surface area contributed by atoms with Crippen LogP contribution in [0.25, 0.3) is 0 Å². The number of aliphatic imine (C=N–C) groups is 1.